The lowest BCUT2D eigenvalue weighted by atomic mass is 9.90. The Bertz CT molecular complexity index is 865. The van der Waals surface area contributed by atoms with E-state index in [0.29, 0.717) is 18.7 Å². The van der Waals surface area contributed by atoms with Crippen molar-refractivity contribution in [1.29, 1.82) is 0 Å². The van der Waals surface area contributed by atoms with E-state index in [0.717, 1.165) is 35.2 Å². The number of rotatable bonds is 2. The van der Waals surface area contributed by atoms with E-state index in [1.165, 1.54) is 0 Å². The summed E-state index contributed by atoms with van der Waals surface area (Å²) in [7, 11) is 0. The molecule has 0 aliphatic carbocycles. The van der Waals surface area contributed by atoms with Gasteiger partial charge in [-0.25, -0.2) is 9.59 Å². The molecule has 2 saturated heterocycles. The molecular weight excluding hydrogens is 294 g/mol. The van der Waals surface area contributed by atoms with Crippen LogP contribution >= 0.6 is 0 Å². The molecule has 0 bridgehead atoms. The number of fused-ring (bicyclic) bond motifs is 1. The number of nitrogens with one attached hydrogen (secondary N) is 2. The monoisotopic (exact) mass is 313 g/mol. The number of amides is 2. The Morgan fingerprint density at radius 1 is 1.22 bits per heavy atom. The van der Waals surface area contributed by atoms with Gasteiger partial charge in [0.15, 0.2) is 0 Å². The minimum atomic E-state index is -0.314. The summed E-state index contributed by atoms with van der Waals surface area (Å²) >= 11 is 0. The molecule has 0 saturated carbocycles. The number of carbonyl (C=O) groups excluding carboxylic acids is 1. The van der Waals surface area contributed by atoms with Gasteiger partial charge in [0.25, 0.3) is 0 Å². The Morgan fingerprint density at radius 3 is 2.70 bits per heavy atom. The maximum atomic E-state index is 11.9. The second kappa shape index (κ2) is 4.83. The van der Waals surface area contributed by atoms with E-state index >= 15 is 0 Å². The van der Waals surface area contributed by atoms with E-state index in [1.807, 2.05) is 19.9 Å². The highest BCUT2D eigenvalue weighted by molar-refractivity contribution is 5.83. The zero-order valence-corrected chi connectivity index (χ0v) is 13.2. The van der Waals surface area contributed by atoms with Crippen LogP contribution in [0, 0.1) is 13.8 Å². The van der Waals surface area contributed by atoms with Crippen LogP contribution in [-0.2, 0) is 6.54 Å². The lowest BCUT2D eigenvalue weighted by Gasteiger charge is -2.47. The summed E-state index contributed by atoms with van der Waals surface area (Å²) in [5.41, 5.74) is 3.33. The summed E-state index contributed by atoms with van der Waals surface area (Å²) in [5, 5.41) is 6.78. The van der Waals surface area contributed by atoms with Crippen LogP contribution in [0.5, 0.6) is 0 Å². The number of urea groups is 1. The molecule has 1 aromatic carbocycles. The second-order valence-corrected chi connectivity index (χ2v) is 6.78. The van der Waals surface area contributed by atoms with Crippen molar-refractivity contribution in [3.8, 4) is 0 Å². The normalized spacial score (nSPS) is 19.7. The number of benzene rings is 1. The summed E-state index contributed by atoms with van der Waals surface area (Å²) in [6.45, 7) is 6.93. The Balaban J connectivity index is 1.63. The van der Waals surface area contributed by atoms with Crippen LogP contribution in [0.15, 0.2) is 27.4 Å². The van der Waals surface area contributed by atoms with Gasteiger partial charge in [0.2, 0.25) is 0 Å². The summed E-state index contributed by atoms with van der Waals surface area (Å²) in [6.07, 6.45) is 0. The van der Waals surface area contributed by atoms with Gasteiger partial charge in [0, 0.05) is 37.6 Å². The van der Waals surface area contributed by atoms with Crippen LogP contribution in [0.1, 0.15) is 16.7 Å². The number of nitrogens with zero attached hydrogens (tertiary/aromatic N) is 1. The first-order valence-electron chi connectivity index (χ1n) is 7.76. The van der Waals surface area contributed by atoms with Crippen molar-refractivity contribution in [2.24, 2.45) is 0 Å². The molecule has 6 nitrogen and oxygen atoms in total. The van der Waals surface area contributed by atoms with Crippen molar-refractivity contribution in [2.45, 2.75) is 25.9 Å². The zero-order chi connectivity index (χ0) is 16.2. The molecular formula is C17H19N3O3. The summed E-state index contributed by atoms with van der Waals surface area (Å²) < 4.78 is 5.39. The number of carbonyl (C=O) groups is 1. The number of hydrogen-bond donors (Lipinski definition) is 2. The Kier molecular flexibility index (Phi) is 2.99. The van der Waals surface area contributed by atoms with Crippen molar-refractivity contribution in [2.75, 3.05) is 19.6 Å². The molecule has 3 heterocycles. The zero-order valence-electron chi connectivity index (χ0n) is 13.2. The van der Waals surface area contributed by atoms with E-state index in [1.54, 1.807) is 6.07 Å². The van der Waals surface area contributed by atoms with Gasteiger partial charge in [-0.15, -0.1) is 0 Å². The SMILES string of the molecule is Cc1cc(C)c2oc(=O)cc(CN3CC4(CNC(=O)N4)C3)c2c1. The molecule has 2 aliphatic rings. The molecule has 0 unspecified atom stereocenters. The van der Waals surface area contributed by atoms with E-state index in [2.05, 4.69) is 21.6 Å². The van der Waals surface area contributed by atoms with Gasteiger partial charge in [-0.1, -0.05) is 6.07 Å². The summed E-state index contributed by atoms with van der Waals surface area (Å²) in [4.78, 5) is 25.4. The molecule has 1 aromatic heterocycles. The first-order chi connectivity index (χ1) is 10.9. The summed E-state index contributed by atoms with van der Waals surface area (Å²) in [6, 6.07) is 5.57. The summed E-state index contributed by atoms with van der Waals surface area (Å²) in [5.74, 6) is 0. The van der Waals surface area contributed by atoms with Gasteiger partial charge in [-0.2, -0.15) is 0 Å². The minimum Gasteiger partial charge on any atom is -0.422 e. The standard InChI is InChI=1S/C17H19N3O3/c1-10-3-11(2)15-13(4-10)12(5-14(21)23-15)6-20-8-17(9-20)7-18-16(22)19-17/h3-5H,6-9H2,1-2H3,(H2,18,19,22). The molecule has 1 spiro atoms. The Hall–Kier alpha value is -2.34. The minimum absolute atomic E-state index is 0.0956. The van der Waals surface area contributed by atoms with Crippen LogP contribution in [-0.4, -0.2) is 36.1 Å². The van der Waals surface area contributed by atoms with Crippen molar-refractivity contribution < 1.29 is 9.21 Å². The van der Waals surface area contributed by atoms with Crippen molar-refractivity contribution in [3.63, 3.8) is 0 Å². The maximum Gasteiger partial charge on any atom is 0.336 e. The first kappa shape index (κ1) is 14.3. The number of likely N-dealkylation sites (tertiary alicyclic amines) is 1. The van der Waals surface area contributed by atoms with Crippen LogP contribution in [0.4, 0.5) is 4.79 Å². The van der Waals surface area contributed by atoms with Crippen LogP contribution in [0.2, 0.25) is 0 Å². The molecule has 4 rings (SSSR count). The van der Waals surface area contributed by atoms with Gasteiger partial charge in [-0.3, -0.25) is 4.90 Å². The molecule has 2 amide bonds. The van der Waals surface area contributed by atoms with Crippen molar-refractivity contribution in [1.82, 2.24) is 15.5 Å². The first-order valence-corrected chi connectivity index (χ1v) is 7.76. The molecule has 2 fully saturated rings. The Labute approximate surface area is 133 Å². The molecule has 23 heavy (non-hydrogen) atoms. The highest BCUT2D eigenvalue weighted by Gasteiger charge is 2.47. The molecule has 0 radical (unpaired) electrons. The van der Waals surface area contributed by atoms with Gasteiger partial charge in [0.1, 0.15) is 5.58 Å². The second-order valence-electron chi connectivity index (χ2n) is 6.78. The van der Waals surface area contributed by atoms with Gasteiger partial charge in [-0.05, 0) is 36.6 Å². The molecule has 2 N–H and O–H groups in total. The van der Waals surface area contributed by atoms with E-state index in [9.17, 15) is 9.59 Å². The third-order valence-corrected chi connectivity index (χ3v) is 4.67. The lowest BCUT2D eigenvalue weighted by Crippen LogP contribution is -2.68. The number of hydrogen-bond acceptors (Lipinski definition) is 4. The fourth-order valence-corrected chi connectivity index (χ4v) is 3.74. The quantitative estimate of drug-likeness (QED) is 0.819. The predicted octanol–water partition coefficient (Wildman–Crippen LogP) is 1.28. The van der Waals surface area contributed by atoms with Gasteiger partial charge >= 0.3 is 11.7 Å². The Morgan fingerprint density at radius 2 is 2.00 bits per heavy atom. The third-order valence-electron chi connectivity index (χ3n) is 4.67. The molecule has 2 aliphatic heterocycles. The van der Waals surface area contributed by atoms with Crippen LogP contribution < -0.4 is 16.3 Å². The van der Waals surface area contributed by atoms with Crippen LogP contribution in [0.25, 0.3) is 11.0 Å². The van der Waals surface area contributed by atoms with Gasteiger partial charge < -0.3 is 15.1 Å². The number of aryl methyl sites for hydroxylation is 2. The average Bonchev–Trinajstić information content (AvgIpc) is 2.82. The molecule has 120 valence electrons. The third kappa shape index (κ3) is 2.39. The van der Waals surface area contributed by atoms with E-state index in [-0.39, 0.29) is 17.2 Å². The van der Waals surface area contributed by atoms with Gasteiger partial charge in [0.05, 0.1) is 5.54 Å². The maximum absolute atomic E-state index is 11.9. The molecule has 0 atom stereocenters. The highest BCUT2D eigenvalue weighted by atomic mass is 16.4. The average molecular weight is 313 g/mol. The predicted molar refractivity (Wildman–Crippen MR) is 86.5 cm³/mol. The fourth-order valence-electron chi connectivity index (χ4n) is 3.74. The fraction of sp³-hybridized carbons (Fsp3) is 0.412. The topological polar surface area (TPSA) is 74.6 Å². The highest BCUT2D eigenvalue weighted by Crippen LogP contribution is 2.28. The van der Waals surface area contributed by atoms with Crippen molar-refractivity contribution >= 4 is 17.0 Å². The largest absolute Gasteiger partial charge is 0.422 e. The smallest absolute Gasteiger partial charge is 0.336 e. The molecule has 6 heteroatoms. The van der Waals surface area contributed by atoms with Crippen molar-refractivity contribution in [3.05, 3.63) is 45.3 Å². The molecule has 2 aromatic rings. The van der Waals surface area contributed by atoms with E-state index < -0.39 is 0 Å². The van der Waals surface area contributed by atoms with E-state index in [4.69, 9.17) is 4.42 Å². The lowest BCUT2D eigenvalue weighted by molar-refractivity contribution is 0.0598. The van der Waals surface area contributed by atoms with Crippen LogP contribution in [0.3, 0.4) is 0 Å².